The second-order valence-corrected chi connectivity index (χ2v) is 4.43. The Bertz CT molecular complexity index is 537. The Morgan fingerprint density at radius 1 is 1.05 bits per heavy atom. The van der Waals surface area contributed by atoms with Crippen molar-refractivity contribution in [3.63, 3.8) is 0 Å². The fourth-order valence-electron chi connectivity index (χ4n) is 1.50. The SMILES string of the molecule is C[O-].S=C(Nc1ccccc1)N([N]=[Ga+])c1ccccc1. The molecule has 0 saturated carbocycles. The molecule has 0 aliphatic rings. The first kappa shape index (κ1) is 16.6. The molecule has 100 valence electrons. The third-order valence-electron chi connectivity index (χ3n) is 2.33. The van der Waals surface area contributed by atoms with E-state index in [4.69, 9.17) is 17.3 Å². The van der Waals surface area contributed by atoms with Crippen LogP contribution in [0, 0.1) is 0 Å². The average molecular weight is 342 g/mol. The fourth-order valence-corrected chi connectivity index (χ4v) is 2.47. The normalized spacial score (nSPS) is 9.00. The third-order valence-corrected chi connectivity index (χ3v) is 3.09. The van der Waals surface area contributed by atoms with Crippen LogP contribution >= 0.6 is 12.2 Å². The fraction of sp³-hybridized carbons (Fsp3) is 0.0714. The minimum atomic E-state index is 0.566. The molecule has 0 bridgehead atoms. The first-order valence-corrected chi connectivity index (χ1v) is 7.33. The molecule has 2 rings (SSSR count). The van der Waals surface area contributed by atoms with E-state index in [1.54, 1.807) is 5.01 Å². The van der Waals surface area contributed by atoms with Crippen molar-refractivity contribution in [2.75, 3.05) is 17.4 Å². The number of para-hydroxylation sites is 2. The van der Waals surface area contributed by atoms with Gasteiger partial charge in [-0.25, -0.2) is 0 Å². The van der Waals surface area contributed by atoms with Crippen LogP contribution in [-0.2, 0) is 0 Å². The Morgan fingerprint density at radius 3 is 2.05 bits per heavy atom. The van der Waals surface area contributed by atoms with Gasteiger partial charge >= 0.3 is 122 Å². The van der Waals surface area contributed by atoms with Gasteiger partial charge in [-0.3, -0.25) is 0 Å². The summed E-state index contributed by atoms with van der Waals surface area (Å²) in [5.41, 5.74) is 1.91. The summed E-state index contributed by atoms with van der Waals surface area (Å²) >= 11 is 6.63. The zero-order chi connectivity index (χ0) is 14.8. The molecule has 0 amide bonds. The molecule has 0 aliphatic carbocycles. The van der Waals surface area contributed by atoms with Gasteiger partial charge in [-0.15, -0.1) is 0 Å². The molecule has 0 saturated heterocycles. The molecule has 0 heterocycles. The molecular weight excluding hydrogens is 328 g/mol. The van der Waals surface area contributed by atoms with Gasteiger partial charge in [0.2, 0.25) is 0 Å². The molecule has 2 aromatic carbocycles. The van der Waals surface area contributed by atoms with Crippen molar-refractivity contribution in [3.05, 3.63) is 60.7 Å². The number of rotatable bonds is 3. The van der Waals surface area contributed by atoms with Crippen LogP contribution in [0.2, 0.25) is 0 Å². The van der Waals surface area contributed by atoms with Gasteiger partial charge in [-0.1, -0.05) is 0 Å². The van der Waals surface area contributed by atoms with Crippen molar-refractivity contribution < 1.29 is 5.11 Å². The zero-order valence-corrected chi connectivity index (χ0v) is 14.3. The molecule has 0 unspecified atom stereocenters. The molecule has 0 atom stereocenters. The molecule has 0 fully saturated rings. The van der Waals surface area contributed by atoms with Crippen LogP contribution in [0.4, 0.5) is 11.4 Å². The average Bonchev–Trinajstić information content (AvgIpc) is 2.52. The zero-order valence-electron chi connectivity index (χ0n) is 11.1. The van der Waals surface area contributed by atoms with Crippen LogP contribution in [-0.4, -0.2) is 30.6 Å². The topological polar surface area (TPSA) is 50.7 Å². The second kappa shape index (κ2) is 9.43. The molecular formula is C14H14GaN3OS. The summed E-state index contributed by atoms with van der Waals surface area (Å²) in [6.45, 7) is 0. The molecule has 4 nitrogen and oxygen atoms in total. The molecule has 6 heteroatoms. The van der Waals surface area contributed by atoms with E-state index in [-0.39, 0.29) is 0 Å². The van der Waals surface area contributed by atoms with Crippen LogP contribution in [0.1, 0.15) is 0 Å². The van der Waals surface area contributed by atoms with E-state index in [0.717, 1.165) is 18.5 Å². The minimum absolute atomic E-state index is 0.566. The number of hydrogen-bond donors (Lipinski definition) is 1. The van der Waals surface area contributed by atoms with Gasteiger partial charge in [0.25, 0.3) is 0 Å². The Hall–Kier alpha value is -1.47. The molecule has 0 spiro atoms. The Balaban J connectivity index is 0.000000956. The number of anilines is 2. The molecule has 0 aromatic heterocycles. The van der Waals surface area contributed by atoms with Crippen molar-refractivity contribution in [1.29, 1.82) is 0 Å². The summed E-state index contributed by atoms with van der Waals surface area (Å²) in [7, 11) is 0.750. The van der Waals surface area contributed by atoms with E-state index in [2.05, 4.69) is 9.07 Å². The summed E-state index contributed by atoms with van der Waals surface area (Å²) < 4.78 is 4.25. The summed E-state index contributed by atoms with van der Waals surface area (Å²) in [5.74, 6) is 0. The number of nitrogens with zero attached hydrogens (tertiary/aromatic N) is 2. The monoisotopic (exact) mass is 341 g/mol. The van der Waals surface area contributed by atoms with Crippen LogP contribution in [0.15, 0.2) is 64.4 Å². The summed E-state index contributed by atoms with van der Waals surface area (Å²) in [4.78, 5) is 0. The van der Waals surface area contributed by atoms with E-state index in [1.807, 2.05) is 60.7 Å². The molecule has 2 aromatic rings. The summed E-state index contributed by atoms with van der Waals surface area (Å²) in [6.07, 6.45) is 0. The number of benzene rings is 2. The Labute approximate surface area is 134 Å². The van der Waals surface area contributed by atoms with E-state index in [1.165, 1.54) is 18.4 Å². The van der Waals surface area contributed by atoms with E-state index < -0.39 is 0 Å². The molecule has 0 aliphatic heterocycles. The second-order valence-electron chi connectivity index (χ2n) is 3.56. The maximum atomic E-state index is 8.25. The molecule has 1 N–H and O–H groups in total. The summed E-state index contributed by atoms with van der Waals surface area (Å²) in [5, 5.41) is 13.7. The number of thiocarbonyl (C=S) groups is 1. The Kier molecular flexibility index (Phi) is 7.82. The molecule has 20 heavy (non-hydrogen) atoms. The molecule has 0 radical (unpaired) electrons. The maximum absolute atomic E-state index is 8.25. The first-order chi connectivity index (χ1) is 9.81. The van der Waals surface area contributed by atoms with Gasteiger partial charge in [0.15, 0.2) is 0 Å². The van der Waals surface area contributed by atoms with Crippen LogP contribution in [0.3, 0.4) is 0 Å². The standard InChI is InChI=1S/C13H11N3S.CH3O.Ga/c14-16(12-9-5-2-6-10-12)13(17)15-11-7-3-1-4-8-11;1-2;/h1-10H,(H,15,17);1H3;/q;-1;+1. The predicted molar refractivity (Wildman–Crippen MR) is 85.7 cm³/mol. The van der Waals surface area contributed by atoms with Gasteiger partial charge in [0.05, 0.1) is 0 Å². The Morgan fingerprint density at radius 2 is 1.55 bits per heavy atom. The van der Waals surface area contributed by atoms with Crippen molar-refractivity contribution >= 4 is 47.1 Å². The number of nitrogens with one attached hydrogen (secondary N) is 1. The third kappa shape index (κ3) is 4.90. The van der Waals surface area contributed by atoms with E-state index in [0.29, 0.717) is 5.11 Å². The van der Waals surface area contributed by atoms with Gasteiger partial charge in [0, 0.05) is 0 Å². The van der Waals surface area contributed by atoms with Crippen molar-refractivity contribution in [2.24, 2.45) is 3.76 Å². The van der Waals surface area contributed by atoms with E-state index in [9.17, 15) is 0 Å². The van der Waals surface area contributed by atoms with Crippen molar-refractivity contribution in [3.8, 4) is 0 Å². The van der Waals surface area contributed by atoms with Gasteiger partial charge in [-0.2, -0.15) is 7.11 Å². The van der Waals surface area contributed by atoms with Gasteiger partial charge < -0.3 is 5.11 Å². The van der Waals surface area contributed by atoms with Crippen LogP contribution < -0.4 is 15.4 Å². The van der Waals surface area contributed by atoms with Gasteiger partial charge in [0.1, 0.15) is 0 Å². The quantitative estimate of drug-likeness (QED) is 0.528. The first-order valence-electron chi connectivity index (χ1n) is 5.84. The van der Waals surface area contributed by atoms with Crippen LogP contribution in [0.25, 0.3) is 0 Å². The van der Waals surface area contributed by atoms with Gasteiger partial charge in [-0.05, 0) is 0 Å². The van der Waals surface area contributed by atoms with Crippen LogP contribution in [0.5, 0.6) is 0 Å². The number of hydrogen-bond acceptors (Lipinski definition) is 3. The van der Waals surface area contributed by atoms with E-state index >= 15 is 0 Å². The predicted octanol–water partition coefficient (Wildman–Crippen LogP) is 2.13. The summed E-state index contributed by atoms with van der Waals surface area (Å²) in [6, 6.07) is 19.7. The van der Waals surface area contributed by atoms with Crippen molar-refractivity contribution in [1.82, 2.24) is 0 Å². The van der Waals surface area contributed by atoms with Crippen molar-refractivity contribution in [2.45, 2.75) is 0 Å².